The van der Waals surface area contributed by atoms with Crippen molar-refractivity contribution < 1.29 is 22.7 Å². The van der Waals surface area contributed by atoms with Gasteiger partial charge in [0.15, 0.2) is 9.84 Å². The predicted octanol–water partition coefficient (Wildman–Crippen LogP) is 0.334. The number of hydrogen-bond acceptors (Lipinski definition) is 6. The molecule has 2 aliphatic heterocycles. The fourth-order valence-corrected chi connectivity index (χ4v) is 5.88. The predicted molar refractivity (Wildman–Crippen MR) is 91.7 cm³/mol. The molecular formula is C16H27N3O5S. The van der Waals surface area contributed by atoms with E-state index in [-0.39, 0.29) is 36.2 Å². The number of hydrogen-bond donors (Lipinski definition) is 1. The van der Waals surface area contributed by atoms with Crippen molar-refractivity contribution in [3.63, 3.8) is 0 Å². The summed E-state index contributed by atoms with van der Waals surface area (Å²) >= 11 is 0. The van der Waals surface area contributed by atoms with Crippen LogP contribution < -0.4 is 5.32 Å². The summed E-state index contributed by atoms with van der Waals surface area (Å²) in [5.41, 5.74) is -0.746. The lowest BCUT2D eigenvalue weighted by Crippen LogP contribution is -2.50. The summed E-state index contributed by atoms with van der Waals surface area (Å²) in [5, 5.41) is 2.90. The molecule has 3 fully saturated rings. The Morgan fingerprint density at radius 2 is 2.00 bits per heavy atom. The second-order valence-corrected chi connectivity index (χ2v) is 9.54. The van der Waals surface area contributed by atoms with Gasteiger partial charge in [-0.3, -0.25) is 9.69 Å². The van der Waals surface area contributed by atoms with Gasteiger partial charge in [0.05, 0.1) is 24.8 Å². The second kappa shape index (κ2) is 7.20. The maximum absolute atomic E-state index is 12.9. The van der Waals surface area contributed by atoms with Crippen molar-refractivity contribution in [3.8, 4) is 0 Å². The number of ether oxygens (including phenoxy) is 1. The van der Waals surface area contributed by atoms with Gasteiger partial charge in [0, 0.05) is 19.7 Å². The molecule has 1 N–H and O–H groups in total. The van der Waals surface area contributed by atoms with Crippen molar-refractivity contribution >= 4 is 21.8 Å². The Kier molecular flexibility index (Phi) is 5.36. The van der Waals surface area contributed by atoms with E-state index in [4.69, 9.17) is 4.74 Å². The molecule has 2 saturated heterocycles. The Labute approximate surface area is 148 Å². The monoisotopic (exact) mass is 373 g/mol. The van der Waals surface area contributed by atoms with Crippen LogP contribution >= 0.6 is 0 Å². The van der Waals surface area contributed by atoms with Crippen LogP contribution in [0.5, 0.6) is 0 Å². The van der Waals surface area contributed by atoms with E-state index in [0.29, 0.717) is 32.4 Å². The number of amides is 3. The third-order valence-corrected chi connectivity index (χ3v) is 7.33. The summed E-state index contributed by atoms with van der Waals surface area (Å²) in [4.78, 5) is 28.5. The zero-order valence-corrected chi connectivity index (χ0v) is 15.5. The van der Waals surface area contributed by atoms with Gasteiger partial charge in [-0.1, -0.05) is 19.3 Å². The highest BCUT2D eigenvalue weighted by atomic mass is 32.2. The summed E-state index contributed by atoms with van der Waals surface area (Å²) in [7, 11) is -1.46. The minimum absolute atomic E-state index is 0.0749. The van der Waals surface area contributed by atoms with Gasteiger partial charge >= 0.3 is 6.03 Å². The number of nitrogens with one attached hydrogen (secondary N) is 1. The highest BCUT2D eigenvalue weighted by Gasteiger charge is 2.51. The normalized spacial score (nSPS) is 28.1. The Hall–Kier alpha value is -1.19. The van der Waals surface area contributed by atoms with Crippen LogP contribution in [0.3, 0.4) is 0 Å². The molecule has 0 aromatic heterocycles. The van der Waals surface area contributed by atoms with E-state index >= 15 is 0 Å². The van der Waals surface area contributed by atoms with Gasteiger partial charge in [-0.15, -0.1) is 0 Å². The standard InChI is InChI=1S/C16H27N3O5S/c1-24-9-8-18(13-5-10-25(22,23)11-13)12-19-14(20)16(17-15(19)21)6-3-2-4-7-16/h13H,2-12H2,1H3,(H,17,21). The molecular weight excluding hydrogens is 346 g/mol. The molecule has 0 bridgehead atoms. The summed E-state index contributed by atoms with van der Waals surface area (Å²) in [5.74, 6) is 0.0666. The largest absolute Gasteiger partial charge is 0.383 e. The van der Waals surface area contributed by atoms with Crippen LogP contribution in [-0.2, 0) is 19.4 Å². The van der Waals surface area contributed by atoms with E-state index in [1.165, 1.54) is 4.90 Å². The molecule has 2 heterocycles. The Balaban J connectivity index is 1.72. The third kappa shape index (κ3) is 3.83. The van der Waals surface area contributed by atoms with Crippen LogP contribution in [0.1, 0.15) is 38.5 Å². The van der Waals surface area contributed by atoms with Crippen LogP contribution in [-0.4, -0.2) is 80.2 Å². The lowest BCUT2D eigenvalue weighted by Gasteiger charge is -2.33. The molecule has 1 saturated carbocycles. The summed E-state index contributed by atoms with van der Waals surface area (Å²) in [6, 6.07) is -0.543. The molecule has 9 heteroatoms. The number of nitrogens with zero attached hydrogens (tertiary/aromatic N) is 2. The molecule has 3 amide bonds. The average molecular weight is 373 g/mol. The van der Waals surface area contributed by atoms with Gasteiger partial charge in [0.2, 0.25) is 0 Å². The maximum atomic E-state index is 12.9. The first-order valence-corrected chi connectivity index (χ1v) is 10.8. The van der Waals surface area contributed by atoms with Gasteiger partial charge in [0.1, 0.15) is 5.54 Å². The van der Waals surface area contributed by atoms with Crippen molar-refractivity contribution in [2.75, 3.05) is 38.4 Å². The number of methoxy groups -OCH3 is 1. The van der Waals surface area contributed by atoms with Crippen molar-refractivity contribution in [3.05, 3.63) is 0 Å². The number of carbonyl (C=O) groups is 2. The number of imide groups is 1. The molecule has 3 rings (SSSR count). The molecule has 1 aliphatic carbocycles. The molecule has 8 nitrogen and oxygen atoms in total. The van der Waals surface area contributed by atoms with Gasteiger partial charge < -0.3 is 10.1 Å². The first kappa shape index (κ1) is 18.6. The van der Waals surface area contributed by atoms with E-state index in [2.05, 4.69) is 5.32 Å². The molecule has 25 heavy (non-hydrogen) atoms. The van der Waals surface area contributed by atoms with E-state index in [1.54, 1.807) is 7.11 Å². The number of rotatable bonds is 6. The van der Waals surface area contributed by atoms with E-state index in [0.717, 1.165) is 19.3 Å². The third-order valence-electron chi connectivity index (χ3n) is 5.58. The maximum Gasteiger partial charge on any atom is 0.326 e. The zero-order chi connectivity index (χ0) is 18.1. The van der Waals surface area contributed by atoms with Crippen molar-refractivity contribution in [1.82, 2.24) is 15.1 Å². The number of urea groups is 1. The van der Waals surface area contributed by atoms with Crippen LogP contribution in [0.2, 0.25) is 0 Å². The fraction of sp³-hybridized carbons (Fsp3) is 0.875. The van der Waals surface area contributed by atoms with Crippen LogP contribution in [0.15, 0.2) is 0 Å². The van der Waals surface area contributed by atoms with Gasteiger partial charge in [0.25, 0.3) is 5.91 Å². The highest BCUT2D eigenvalue weighted by Crippen LogP contribution is 2.34. The molecule has 1 atom stereocenters. The topological polar surface area (TPSA) is 96.0 Å². The van der Waals surface area contributed by atoms with Crippen LogP contribution in [0.4, 0.5) is 4.79 Å². The van der Waals surface area contributed by atoms with Crippen LogP contribution in [0.25, 0.3) is 0 Å². The lowest BCUT2D eigenvalue weighted by atomic mass is 9.82. The minimum Gasteiger partial charge on any atom is -0.383 e. The van der Waals surface area contributed by atoms with E-state index in [1.807, 2.05) is 4.90 Å². The summed E-state index contributed by atoms with van der Waals surface area (Å²) in [6.07, 6.45) is 4.86. The smallest absolute Gasteiger partial charge is 0.326 e. The summed E-state index contributed by atoms with van der Waals surface area (Å²) < 4.78 is 28.7. The lowest BCUT2D eigenvalue weighted by molar-refractivity contribution is -0.134. The van der Waals surface area contributed by atoms with Crippen molar-refractivity contribution in [2.24, 2.45) is 0 Å². The first-order valence-electron chi connectivity index (χ1n) is 8.94. The minimum atomic E-state index is -3.04. The first-order chi connectivity index (χ1) is 11.9. The quantitative estimate of drug-likeness (QED) is 0.674. The molecule has 0 aromatic carbocycles. The number of sulfone groups is 1. The molecule has 0 aromatic rings. The molecule has 1 unspecified atom stereocenters. The van der Waals surface area contributed by atoms with Gasteiger partial charge in [-0.2, -0.15) is 0 Å². The molecule has 142 valence electrons. The Morgan fingerprint density at radius 3 is 2.60 bits per heavy atom. The zero-order valence-electron chi connectivity index (χ0n) is 14.7. The van der Waals surface area contributed by atoms with Crippen molar-refractivity contribution in [1.29, 1.82) is 0 Å². The summed E-state index contributed by atoms with van der Waals surface area (Å²) in [6.45, 7) is 1.03. The SMILES string of the molecule is COCCN(CN1C(=O)NC2(CCCCC2)C1=O)C1CCS(=O)(=O)C1. The number of carbonyl (C=O) groups excluding carboxylic acids is 2. The fourth-order valence-electron chi connectivity index (χ4n) is 4.12. The molecule has 3 aliphatic rings. The van der Waals surface area contributed by atoms with Gasteiger partial charge in [-0.25, -0.2) is 18.1 Å². The van der Waals surface area contributed by atoms with E-state index in [9.17, 15) is 18.0 Å². The average Bonchev–Trinajstić information content (AvgIpc) is 3.04. The van der Waals surface area contributed by atoms with Crippen molar-refractivity contribution in [2.45, 2.75) is 50.1 Å². The Bertz CT molecular complexity index is 630. The van der Waals surface area contributed by atoms with Gasteiger partial charge in [-0.05, 0) is 19.3 Å². The van der Waals surface area contributed by atoms with Crippen LogP contribution in [0, 0.1) is 0 Å². The highest BCUT2D eigenvalue weighted by molar-refractivity contribution is 7.91. The van der Waals surface area contributed by atoms with E-state index < -0.39 is 15.4 Å². The molecule has 1 spiro atoms. The second-order valence-electron chi connectivity index (χ2n) is 7.31. The Morgan fingerprint density at radius 1 is 1.28 bits per heavy atom. The molecule has 0 radical (unpaired) electrons.